The fourth-order valence-corrected chi connectivity index (χ4v) is 2.14. The van der Waals surface area contributed by atoms with Crippen LogP contribution in [0.1, 0.15) is 18.1 Å². The molecule has 106 valence electrons. The second-order valence-electron chi connectivity index (χ2n) is 4.78. The number of hydrogen-bond donors (Lipinski definition) is 1. The molecule has 0 saturated carbocycles. The zero-order chi connectivity index (χ0) is 14.8. The first kappa shape index (κ1) is 14.3. The average Bonchev–Trinajstić information content (AvgIpc) is 2.46. The second kappa shape index (κ2) is 5.51. The topological polar surface area (TPSA) is 44.5 Å². The Labute approximate surface area is 118 Å². The van der Waals surface area contributed by atoms with Crippen LogP contribution in [0, 0.1) is 5.82 Å². The van der Waals surface area contributed by atoms with Crippen molar-refractivity contribution in [2.45, 2.75) is 12.5 Å². The van der Waals surface area contributed by atoms with Crippen molar-refractivity contribution < 1.29 is 13.9 Å². The molecule has 3 nitrogen and oxygen atoms in total. The lowest BCUT2D eigenvalue weighted by Gasteiger charge is -2.26. The maximum absolute atomic E-state index is 14.2. The van der Waals surface area contributed by atoms with Gasteiger partial charge in [-0.05, 0) is 30.7 Å². The highest BCUT2D eigenvalue weighted by Gasteiger charge is 2.27. The van der Waals surface area contributed by atoms with Gasteiger partial charge in [0.2, 0.25) is 0 Å². The molecule has 4 heteroatoms. The Kier molecular flexibility index (Phi) is 3.95. The van der Waals surface area contributed by atoms with Gasteiger partial charge < -0.3 is 15.2 Å². The van der Waals surface area contributed by atoms with Crippen molar-refractivity contribution in [3.63, 3.8) is 0 Å². The summed E-state index contributed by atoms with van der Waals surface area (Å²) in [5.74, 6) is 0.821. The Balaban J connectivity index is 2.42. The predicted octanol–water partition coefficient (Wildman–Crippen LogP) is 3.07. The smallest absolute Gasteiger partial charge is 0.132 e. The predicted molar refractivity (Wildman–Crippen MR) is 76.6 cm³/mol. The van der Waals surface area contributed by atoms with Gasteiger partial charge in [0.15, 0.2) is 0 Å². The Hall–Kier alpha value is -2.07. The molecule has 1 unspecified atom stereocenters. The fraction of sp³-hybridized carbons (Fsp3) is 0.250. The SMILES string of the molecule is COc1ccc(C(C)(N)c2ccc(OC)cc2F)cc1. The van der Waals surface area contributed by atoms with E-state index >= 15 is 0 Å². The average molecular weight is 275 g/mol. The van der Waals surface area contributed by atoms with Crippen LogP contribution in [0.3, 0.4) is 0 Å². The highest BCUT2D eigenvalue weighted by molar-refractivity contribution is 5.42. The maximum atomic E-state index is 14.2. The molecule has 0 saturated heterocycles. The lowest BCUT2D eigenvalue weighted by molar-refractivity contribution is 0.409. The zero-order valence-electron chi connectivity index (χ0n) is 11.8. The first-order valence-corrected chi connectivity index (χ1v) is 6.26. The molecule has 0 amide bonds. The molecule has 0 aliphatic rings. The van der Waals surface area contributed by atoms with E-state index in [2.05, 4.69) is 0 Å². The molecule has 2 rings (SSSR count). The van der Waals surface area contributed by atoms with Crippen molar-refractivity contribution in [1.29, 1.82) is 0 Å². The van der Waals surface area contributed by atoms with E-state index in [9.17, 15) is 4.39 Å². The molecule has 0 radical (unpaired) electrons. The summed E-state index contributed by atoms with van der Waals surface area (Å²) in [6, 6.07) is 12.0. The fourth-order valence-electron chi connectivity index (χ4n) is 2.14. The van der Waals surface area contributed by atoms with Crippen molar-refractivity contribution in [3.8, 4) is 11.5 Å². The zero-order valence-corrected chi connectivity index (χ0v) is 11.8. The summed E-state index contributed by atoms with van der Waals surface area (Å²) in [5, 5.41) is 0. The Morgan fingerprint density at radius 2 is 1.50 bits per heavy atom. The third-order valence-electron chi connectivity index (χ3n) is 3.43. The van der Waals surface area contributed by atoms with E-state index in [0.29, 0.717) is 11.3 Å². The summed E-state index contributed by atoms with van der Waals surface area (Å²) in [5.41, 5.74) is 6.62. The van der Waals surface area contributed by atoms with Crippen molar-refractivity contribution in [2.24, 2.45) is 5.73 Å². The number of ether oxygens (including phenoxy) is 2. The third kappa shape index (κ3) is 2.60. The van der Waals surface area contributed by atoms with Crippen LogP contribution in [0.15, 0.2) is 42.5 Å². The largest absolute Gasteiger partial charge is 0.497 e. The minimum Gasteiger partial charge on any atom is -0.497 e. The van der Waals surface area contributed by atoms with Crippen molar-refractivity contribution in [3.05, 3.63) is 59.4 Å². The van der Waals surface area contributed by atoms with E-state index in [4.69, 9.17) is 15.2 Å². The van der Waals surface area contributed by atoms with E-state index < -0.39 is 5.54 Å². The molecule has 2 aromatic rings. The third-order valence-corrected chi connectivity index (χ3v) is 3.43. The summed E-state index contributed by atoms with van der Waals surface area (Å²) in [7, 11) is 3.10. The molecule has 0 aliphatic carbocycles. The number of hydrogen-bond acceptors (Lipinski definition) is 3. The van der Waals surface area contributed by atoms with Crippen LogP contribution in [0.5, 0.6) is 11.5 Å². The van der Waals surface area contributed by atoms with Gasteiger partial charge in [0.1, 0.15) is 17.3 Å². The molecule has 0 heterocycles. The van der Waals surface area contributed by atoms with Crippen LogP contribution in [0.25, 0.3) is 0 Å². The molecule has 0 aliphatic heterocycles. The normalized spacial score (nSPS) is 13.7. The van der Waals surface area contributed by atoms with Crippen molar-refractivity contribution in [1.82, 2.24) is 0 Å². The molecule has 2 N–H and O–H groups in total. The molecule has 1 atom stereocenters. The van der Waals surface area contributed by atoms with Crippen LogP contribution in [0.4, 0.5) is 4.39 Å². The molecule has 2 aromatic carbocycles. The lowest BCUT2D eigenvalue weighted by atomic mass is 9.85. The summed E-state index contributed by atoms with van der Waals surface area (Å²) in [6.07, 6.45) is 0. The van der Waals surface area contributed by atoms with E-state index in [1.54, 1.807) is 26.2 Å². The number of nitrogens with two attached hydrogens (primary N) is 1. The minimum atomic E-state index is -0.928. The first-order valence-electron chi connectivity index (χ1n) is 6.26. The first-order chi connectivity index (χ1) is 9.48. The van der Waals surface area contributed by atoms with E-state index in [1.165, 1.54) is 13.2 Å². The molecular formula is C16H18FNO2. The summed E-state index contributed by atoms with van der Waals surface area (Å²) in [4.78, 5) is 0. The van der Waals surface area contributed by atoms with Gasteiger partial charge >= 0.3 is 0 Å². The second-order valence-corrected chi connectivity index (χ2v) is 4.78. The highest BCUT2D eigenvalue weighted by Crippen LogP contribution is 2.31. The molecule has 0 fully saturated rings. The monoisotopic (exact) mass is 275 g/mol. The number of rotatable bonds is 4. The number of benzene rings is 2. The maximum Gasteiger partial charge on any atom is 0.132 e. The van der Waals surface area contributed by atoms with E-state index in [0.717, 1.165) is 11.3 Å². The Bertz CT molecular complexity index is 594. The summed E-state index contributed by atoms with van der Waals surface area (Å²) >= 11 is 0. The van der Waals surface area contributed by atoms with Crippen molar-refractivity contribution >= 4 is 0 Å². The van der Waals surface area contributed by atoms with E-state index in [1.807, 2.05) is 24.3 Å². The highest BCUT2D eigenvalue weighted by atomic mass is 19.1. The van der Waals surface area contributed by atoms with Crippen LogP contribution < -0.4 is 15.2 Å². The van der Waals surface area contributed by atoms with Crippen molar-refractivity contribution in [2.75, 3.05) is 14.2 Å². The van der Waals surface area contributed by atoms with Gasteiger partial charge in [-0.3, -0.25) is 0 Å². The van der Waals surface area contributed by atoms with Crippen LogP contribution in [-0.4, -0.2) is 14.2 Å². The Morgan fingerprint density at radius 3 is 2.00 bits per heavy atom. The van der Waals surface area contributed by atoms with Gasteiger partial charge in [-0.1, -0.05) is 18.2 Å². The lowest BCUT2D eigenvalue weighted by Crippen LogP contribution is -2.35. The van der Waals surface area contributed by atoms with Gasteiger partial charge in [0.05, 0.1) is 19.8 Å². The quantitative estimate of drug-likeness (QED) is 0.932. The molecular weight excluding hydrogens is 257 g/mol. The summed E-state index contributed by atoms with van der Waals surface area (Å²) in [6.45, 7) is 1.78. The molecule has 0 aromatic heterocycles. The van der Waals surface area contributed by atoms with Gasteiger partial charge in [0.25, 0.3) is 0 Å². The summed E-state index contributed by atoms with van der Waals surface area (Å²) < 4.78 is 24.3. The molecule has 20 heavy (non-hydrogen) atoms. The van der Waals surface area contributed by atoms with Crippen LogP contribution >= 0.6 is 0 Å². The van der Waals surface area contributed by atoms with Crippen LogP contribution in [-0.2, 0) is 5.54 Å². The van der Waals surface area contributed by atoms with Crippen LogP contribution in [0.2, 0.25) is 0 Å². The van der Waals surface area contributed by atoms with E-state index in [-0.39, 0.29) is 5.82 Å². The molecule has 0 spiro atoms. The van der Waals surface area contributed by atoms with Gasteiger partial charge in [0, 0.05) is 11.6 Å². The standard InChI is InChI=1S/C16H18FNO2/c1-16(18,11-4-6-12(19-2)7-5-11)14-9-8-13(20-3)10-15(14)17/h4-10H,18H2,1-3H3. The van der Waals surface area contributed by atoms with Gasteiger partial charge in [-0.2, -0.15) is 0 Å². The van der Waals surface area contributed by atoms with Gasteiger partial charge in [-0.15, -0.1) is 0 Å². The number of halogens is 1. The van der Waals surface area contributed by atoms with Gasteiger partial charge in [-0.25, -0.2) is 4.39 Å². The number of methoxy groups -OCH3 is 2. The molecule has 0 bridgehead atoms. The minimum absolute atomic E-state index is 0.384. The Morgan fingerprint density at radius 1 is 0.950 bits per heavy atom.